The van der Waals surface area contributed by atoms with E-state index in [-0.39, 0.29) is 23.3 Å². The molecule has 0 radical (unpaired) electrons. The van der Waals surface area contributed by atoms with Gasteiger partial charge in [0.2, 0.25) is 11.8 Å². The summed E-state index contributed by atoms with van der Waals surface area (Å²) in [6.45, 7) is 2.97. The molecule has 26 heavy (non-hydrogen) atoms. The van der Waals surface area contributed by atoms with E-state index < -0.39 is 5.97 Å². The zero-order valence-electron chi connectivity index (χ0n) is 15.0. The number of aromatic carboxylic acids is 1. The van der Waals surface area contributed by atoms with E-state index in [9.17, 15) is 14.4 Å². The smallest absolute Gasteiger partial charge is 0.335 e. The molecule has 140 valence electrons. The predicted octanol–water partition coefficient (Wildman–Crippen LogP) is 2.49. The Labute approximate surface area is 153 Å². The Morgan fingerprint density at radius 2 is 1.88 bits per heavy atom. The monoisotopic (exact) mass is 358 g/mol. The van der Waals surface area contributed by atoms with E-state index in [2.05, 4.69) is 0 Å². The van der Waals surface area contributed by atoms with Crippen molar-refractivity contribution >= 4 is 17.8 Å². The molecule has 0 unspecified atom stereocenters. The molecule has 0 aromatic heterocycles. The zero-order valence-corrected chi connectivity index (χ0v) is 15.0. The van der Waals surface area contributed by atoms with E-state index in [4.69, 9.17) is 5.11 Å². The van der Waals surface area contributed by atoms with Gasteiger partial charge in [-0.3, -0.25) is 9.59 Å². The molecule has 2 amide bonds. The number of carbonyl (C=O) groups is 3. The summed E-state index contributed by atoms with van der Waals surface area (Å²) in [5, 5.41) is 9.00. The van der Waals surface area contributed by atoms with Gasteiger partial charge in [-0.05, 0) is 43.4 Å². The van der Waals surface area contributed by atoms with Crippen LogP contribution in [-0.2, 0) is 9.59 Å². The fourth-order valence-electron chi connectivity index (χ4n) is 3.89. The molecule has 3 rings (SSSR count). The van der Waals surface area contributed by atoms with E-state index in [1.54, 1.807) is 12.1 Å². The van der Waals surface area contributed by atoms with Crippen molar-refractivity contribution in [3.05, 3.63) is 35.4 Å². The minimum atomic E-state index is -0.923. The van der Waals surface area contributed by atoms with Gasteiger partial charge in [-0.2, -0.15) is 0 Å². The summed E-state index contributed by atoms with van der Waals surface area (Å²) in [6, 6.07) is 6.99. The number of amides is 2. The zero-order chi connectivity index (χ0) is 18.5. The molecular weight excluding hydrogens is 332 g/mol. The van der Waals surface area contributed by atoms with Crippen molar-refractivity contribution in [1.82, 2.24) is 9.80 Å². The quantitative estimate of drug-likeness (QED) is 0.847. The Bertz CT molecular complexity index is 671. The number of carbonyl (C=O) groups excluding carboxylic acids is 2. The van der Waals surface area contributed by atoms with Crippen molar-refractivity contribution in [2.24, 2.45) is 0 Å². The third-order valence-corrected chi connectivity index (χ3v) is 5.39. The predicted molar refractivity (Wildman–Crippen MR) is 97.0 cm³/mol. The van der Waals surface area contributed by atoms with Crippen molar-refractivity contribution < 1.29 is 19.5 Å². The minimum absolute atomic E-state index is 0.156. The van der Waals surface area contributed by atoms with E-state index in [0.29, 0.717) is 25.9 Å². The van der Waals surface area contributed by atoms with Crippen LogP contribution in [-0.4, -0.2) is 58.9 Å². The SMILES string of the molecule is O=C(O)c1ccc([C@@H]2CCCN(C(=O)CCCN3CCCC3=O)C2)cc1. The molecule has 2 heterocycles. The minimum Gasteiger partial charge on any atom is -0.478 e. The maximum absolute atomic E-state index is 12.5. The lowest BCUT2D eigenvalue weighted by Crippen LogP contribution is -2.39. The Morgan fingerprint density at radius 1 is 1.12 bits per heavy atom. The topological polar surface area (TPSA) is 77.9 Å². The van der Waals surface area contributed by atoms with Gasteiger partial charge in [0.25, 0.3) is 0 Å². The largest absolute Gasteiger partial charge is 0.478 e. The third-order valence-electron chi connectivity index (χ3n) is 5.39. The molecular formula is C20H26N2O4. The molecule has 0 spiro atoms. The first-order valence-electron chi connectivity index (χ1n) is 9.43. The van der Waals surface area contributed by atoms with Crippen molar-refractivity contribution in [2.75, 3.05) is 26.2 Å². The van der Waals surface area contributed by atoms with Crippen LogP contribution in [0.2, 0.25) is 0 Å². The second-order valence-corrected chi connectivity index (χ2v) is 7.19. The van der Waals surface area contributed by atoms with Crippen molar-refractivity contribution in [3.63, 3.8) is 0 Å². The molecule has 0 saturated carbocycles. The van der Waals surface area contributed by atoms with Gasteiger partial charge in [0.1, 0.15) is 0 Å². The summed E-state index contributed by atoms with van der Waals surface area (Å²) >= 11 is 0. The lowest BCUT2D eigenvalue weighted by Gasteiger charge is -2.33. The van der Waals surface area contributed by atoms with E-state index in [0.717, 1.165) is 44.3 Å². The molecule has 1 aromatic carbocycles. The van der Waals surface area contributed by atoms with Gasteiger partial charge in [-0.1, -0.05) is 12.1 Å². The van der Waals surface area contributed by atoms with Crippen LogP contribution in [0.15, 0.2) is 24.3 Å². The second kappa shape index (κ2) is 8.34. The van der Waals surface area contributed by atoms with Crippen molar-refractivity contribution in [2.45, 2.75) is 44.4 Å². The Balaban J connectivity index is 1.50. The normalized spacial score (nSPS) is 20.5. The molecule has 2 fully saturated rings. The van der Waals surface area contributed by atoms with Crippen LogP contribution in [0.3, 0.4) is 0 Å². The highest BCUT2D eigenvalue weighted by Crippen LogP contribution is 2.27. The molecule has 2 aliphatic rings. The number of nitrogens with zero attached hydrogens (tertiary/aromatic N) is 2. The maximum atomic E-state index is 12.5. The number of piperidine rings is 1. The van der Waals surface area contributed by atoms with Crippen molar-refractivity contribution in [3.8, 4) is 0 Å². The average Bonchev–Trinajstić information content (AvgIpc) is 3.07. The Morgan fingerprint density at radius 3 is 2.54 bits per heavy atom. The molecule has 0 aliphatic carbocycles. The van der Waals surface area contributed by atoms with Gasteiger partial charge in [-0.15, -0.1) is 0 Å². The second-order valence-electron chi connectivity index (χ2n) is 7.19. The summed E-state index contributed by atoms with van der Waals surface area (Å²) < 4.78 is 0. The van der Waals surface area contributed by atoms with Gasteiger partial charge < -0.3 is 14.9 Å². The lowest BCUT2D eigenvalue weighted by molar-refractivity contribution is -0.133. The number of carboxylic acids is 1. The molecule has 2 saturated heterocycles. The van der Waals surface area contributed by atoms with Crippen LogP contribution in [0.5, 0.6) is 0 Å². The van der Waals surface area contributed by atoms with Gasteiger partial charge in [-0.25, -0.2) is 4.79 Å². The molecule has 1 aromatic rings. The highest BCUT2D eigenvalue weighted by molar-refractivity contribution is 5.87. The fraction of sp³-hybridized carbons (Fsp3) is 0.550. The van der Waals surface area contributed by atoms with Gasteiger partial charge in [0.15, 0.2) is 0 Å². The number of benzene rings is 1. The van der Waals surface area contributed by atoms with Crippen LogP contribution in [0.4, 0.5) is 0 Å². The Kier molecular flexibility index (Phi) is 5.91. The Hall–Kier alpha value is -2.37. The molecule has 6 nitrogen and oxygen atoms in total. The summed E-state index contributed by atoms with van der Waals surface area (Å²) in [7, 11) is 0. The van der Waals surface area contributed by atoms with Crippen LogP contribution in [0, 0.1) is 0 Å². The third kappa shape index (κ3) is 4.42. The van der Waals surface area contributed by atoms with Gasteiger partial charge >= 0.3 is 5.97 Å². The molecule has 1 N–H and O–H groups in total. The van der Waals surface area contributed by atoms with Crippen LogP contribution < -0.4 is 0 Å². The highest BCUT2D eigenvalue weighted by atomic mass is 16.4. The number of rotatable bonds is 6. The number of hydrogen-bond acceptors (Lipinski definition) is 3. The molecule has 2 aliphatic heterocycles. The van der Waals surface area contributed by atoms with Crippen LogP contribution >= 0.6 is 0 Å². The first-order valence-corrected chi connectivity index (χ1v) is 9.43. The average molecular weight is 358 g/mol. The van der Waals surface area contributed by atoms with E-state index in [1.807, 2.05) is 21.9 Å². The standard InChI is InChI=1S/C20H26N2O4/c23-18-5-2-11-21(18)12-3-6-19(24)22-13-1-4-17(14-22)15-7-9-16(10-8-15)20(25)26/h7-10,17H,1-6,11-14H2,(H,25,26)/t17-/m1/s1. The highest BCUT2D eigenvalue weighted by Gasteiger charge is 2.25. The number of carboxylic acid groups (broad SMARTS) is 1. The van der Waals surface area contributed by atoms with Crippen LogP contribution in [0.1, 0.15) is 60.4 Å². The first-order chi connectivity index (χ1) is 12.5. The first kappa shape index (κ1) is 18.4. The number of likely N-dealkylation sites (tertiary alicyclic amines) is 2. The maximum Gasteiger partial charge on any atom is 0.335 e. The molecule has 0 bridgehead atoms. The number of hydrogen-bond donors (Lipinski definition) is 1. The summed E-state index contributed by atoms with van der Waals surface area (Å²) in [4.78, 5) is 38.9. The summed E-state index contributed by atoms with van der Waals surface area (Å²) in [6.07, 6.45) is 4.75. The van der Waals surface area contributed by atoms with Crippen LogP contribution in [0.25, 0.3) is 0 Å². The van der Waals surface area contributed by atoms with Gasteiger partial charge in [0, 0.05) is 44.9 Å². The molecule has 6 heteroatoms. The summed E-state index contributed by atoms with van der Waals surface area (Å²) in [5.41, 5.74) is 1.38. The van der Waals surface area contributed by atoms with Crippen molar-refractivity contribution in [1.29, 1.82) is 0 Å². The fourth-order valence-corrected chi connectivity index (χ4v) is 3.89. The molecule has 1 atom stereocenters. The van der Waals surface area contributed by atoms with E-state index >= 15 is 0 Å². The lowest BCUT2D eigenvalue weighted by atomic mass is 9.90. The van der Waals surface area contributed by atoms with Gasteiger partial charge in [0.05, 0.1) is 5.56 Å². The van der Waals surface area contributed by atoms with E-state index in [1.165, 1.54) is 0 Å². The summed E-state index contributed by atoms with van der Waals surface area (Å²) in [5.74, 6) is -0.298.